The maximum Gasteiger partial charge on any atom is 0.316 e. The highest BCUT2D eigenvalue weighted by Gasteiger charge is 2.52. The minimum atomic E-state index is -0.438. The molecule has 0 spiro atoms. The molecule has 5 heteroatoms. The quantitative estimate of drug-likeness (QED) is 0.223. The number of ether oxygens (including phenoxy) is 1. The van der Waals surface area contributed by atoms with Crippen molar-refractivity contribution >= 4 is 11.7 Å². The summed E-state index contributed by atoms with van der Waals surface area (Å²) < 4.78 is 11.1. The number of nitrogens with zero attached hydrogens (tertiary/aromatic N) is 2. The van der Waals surface area contributed by atoms with Gasteiger partial charge in [0.15, 0.2) is 5.76 Å². The molecule has 0 atom stereocenters. The van der Waals surface area contributed by atoms with Gasteiger partial charge in [-0.3, -0.25) is 4.79 Å². The summed E-state index contributed by atoms with van der Waals surface area (Å²) in [5.74, 6) is 0.696. The highest BCUT2D eigenvalue weighted by Crippen LogP contribution is 2.49. The Morgan fingerprint density at radius 2 is 1.57 bits per heavy atom. The standard InChI is InChI=1S/C32H34N2O3/c1-4-36-31(35)32(20-21-32)28-18-16-26(17-19-28)25-12-14-27(15-13-25)30-29(23(2)33-37-30)34(3)22-8-11-24-9-6-5-7-10-24/h5-7,9-10,12-19H,4,8,11,20-22H2,1-3H3. The average molecular weight is 495 g/mol. The van der Waals surface area contributed by atoms with Crippen LogP contribution in [-0.2, 0) is 21.4 Å². The van der Waals surface area contributed by atoms with Crippen LogP contribution in [0.5, 0.6) is 0 Å². The van der Waals surface area contributed by atoms with E-state index in [0.29, 0.717) is 6.61 Å². The lowest BCUT2D eigenvalue weighted by molar-refractivity contribution is -0.146. The van der Waals surface area contributed by atoms with Crippen molar-refractivity contribution in [1.82, 2.24) is 5.16 Å². The monoisotopic (exact) mass is 494 g/mol. The Morgan fingerprint density at radius 3 is 2.19 bits per heavy atom. The fourth-order valence-electron chi connectivity index (χ4n) is 5.08. The molecule has 1 fully saturated rings. The maximum atomic E-state index is 12.4. The Morgan fingerprint density at radius 1 is 0.946 bits per heavy atom. The Kier molecular flexibility index (Phi) is 7.13. The summed E-state index contributed by atoms with van der Waals surface area (Å²) in [6.07, 6.45) is 3.81. The fourth-order valence-corrected chi connectivity index (χ4v) is 5.08. The summed E-state index contributed by atoms with van der Waals surface area (Å²) >= 11 is 0. The molecule has 4 aromatic rings. The molecular formula is C32H34N2O3. The second kappa shape index (κ2) is 10.6. The second-order valence-electron chi connectivity index (χ2n) is 9.91. The SMILES string of the molecule is CCOC(=O)C1(c2ccc(-c3ccc(-c4onc(C)c4N(C)CCCc4ccccc4)cc3)cc2)CC1. The number of aryl methyl sites for hydroxylation is 2. The van der Waals surface area contributed by atoms with Gasteiger partial charge in [0.05, 0.1) is 12.0 Å². The molecular weight excluding hydrogens is 460 g/mol. The molecule has 0 saturated heterocycles. The number of hydrogen-bond donors (Lipinski definition) is 0. The third kappa shape index (κ3) is 5.17. The van der Waals surface area contributed by atoms with Crippen molar-refractivity contribution in [2.45, 2.75) is 44.9 Å². The third-order valence-corrected chi connectivity index (χ3v) is 7.35. The van der Waals surface area contributed by atoms with Crippen LogP contribution in [-0.4, -0.2) is 31.3 Å². The van der Waals surface area contributed by atoms with Crippen LogP contribution in [0.15, 0.2) is 83.4 Å². The Bertz CT molecular complexity index is 1340. The average Bonchev–Trinajstić information content (AvgIpc) is 3.66. The minimum Gasteiger partial charge on any atom is -0.465 e. The summed E-state index contributed by atoms with van der Waals surface area (Å²) in [6.45, 7) is 5.19. The summed E-state index contributed by atoms with van der Waals surface area (Å²) in [6, 6.07) is 27.3. The minimum absolute atomic E-state index is 0.102. The lowest BCUT2D eigenvalue weighted by Crippen LogP contribution is -2.23. The summed E-state index contributed by atoms with van der Waals surface area (Å²) in [5.41, 5.74) is 7.13. The zero-order valence-corrected chi connectivity index (χ0v) is 21.9. The molecule has 1 aliphatic rings. The second-order valence-corrected chi connectivity index (χ2v) is 9.91. The number of carbonyl (C=O) groups excluding carboxylic acids is 1. The van der Waals surface area contributed by atoms with Gasteiger partial charge in [0.2, 0.25) is 0 Å². The molecule has 0 N–H and O–H groups in total. The number of carbonyl (C=O) groups is 1. The summed E-state index contributed by atoms with van der Waals surface area (Å²) in [7, 11) is 2.10. The molecule has 1 saturated carbocycles. The first-order chi connectivity index (χ1) is 18.0. The number of benzene rings is 3. The van der Waals surface area contributed by atoms with E-state index >= 15 is 0 Å². The molecule has 5 rings (SSSR count). The third-order valence-electron chi connectivity index (χ3n) is 7.35. The van der Waals surface area contributed by atoms with Crippen LogP contribution in [0.25, 0.3) is 22.5 Å². The molecule has 1 aromatic heterocycles. The van der Waals surface area contributed by atoms with Gasteiger partial charge in [-0.15, -0.1) is 0 Å². The molecule has 37 heavy (non-hydrogen) atoms. The van der Waals surface area contributed by atoms with Crippen LogP contribution in [0.3, 0.4) is 0 Å². The summed E-state index contributed by atoms with van der Waals surface area (Å²) in [5, 5.41) is 4.27. The molecule has 1 heterocycles. The van der Waals surface area contributed by atoms with Crippen molar-refractivity contribution in [3.63, 3.8) is 0 Å². The number of aromatic nitrogens is 1. The van der Waals surface area contributed by atoms with E-state index in [-0.39, 0.29) is 5.97 Å². The van der Waals surface area contributed by atoms with Gasteiger partial charge in [0.1, 0.15) is 11.4 Å². The summed E-state index contributed by atoms with van der Waals surface area (Å²) in [4.78, 5) is 14.7. The van der Waals surface area contributed by atoms with Gasteiger partial charge in [-0.2, -0.15) is 0 Å². The van der Waals surface area contributed by atoms with Gasteiger partial charge >= 0.3 is 5.97 Å². The molecule has 0 bridgehead atoms. The van der Waals surface area contributed by atoms with Crippen molar-refractivity contribution in [3.8, 4) is 22.5 Å². The van der Waals surface area contributed by atoms with Crippen LogP contribution in [0, 0.1) is 6.92 Å². The van der Waals surface area contributed by atoms with Gasteiger partial charge < -0.3 is 14.2 Å². The Labute approximate surface area is 219 Å². The van der Waals surface area contributed by atoms with E-state index in [2.05, 4.69) is 96.0 Å². The molecule has 0 unspecified atom stereocenters. The fraction of sp³-hybridized carbons (Fsp3) is 0.312. The Hall–Kier alpha value is -3.86. The molecule has 5 nitrogen and oxygen atoms in total. The smallest absolute Gasteiger partial charge is 0.316 e. The number of anilines is 1. The van der Waals surface area contributed by atoms with Crippen molar-refractivity contribution in [1.29, 1.82) is 0 Å². The van der Waals surface area contributed by atoms with E-state index < -0.39 is 5.41 Å². The van der Waals surface area contributed by atoms with Gasteiger partial charge in [-0.25, -0.2) is 0 Å². The van der Waals surface area contributed by atoms with E-state index in [9.17, 15) is 4.79 Å². The van der Waals surface area contributed by atoms with E-state index in [1.54, 1.807) is 0 Å². The predicted molar refractivity (Wildman–Crippen MR) is 148 cm³/mol. The van der Waals surface area contributed by atoms with Gasteiger partial charge in [0.25, 0.3) is 0 Å². The topological polar surface area (TPSA) is 55.6 Å². The number of hydrogen-bond acceptors (Lipinski definition) is 5. The van der Waals surface area contributed by atoms with Crippen LogP contribution >= 0.6 is 0 Å². The van der Waals surface area contributed by atoms with Crippen LogP contribution in [0.4, 0.5) is 5.69 Å². The molecule has 0 aliphatic heterocycles. The first kappa shape index (κ1) is 24.8. The normalized spacial score (nSPS) is 13.8. The lowest BCUT2D eigenvalue weighted by atomic mass is 9.93. The first-order valence-electron chi connectivity index (χ1n) is 13.1. The molecule has 190 valence electrons. The maximum absolute atomic E-state index is 12.4. The first-order valence-corrected chi connectivity index (χ1v) is 13.1. The van der Waals surface area contributed by atoms with Gasteiger partial charge in [-0.05, 0) is 61.8 Å². The number of rotatable bonds is 10. The zero-order valence-electron chi connectivity index (χ0n) is 21.9. The van der Waals surface area contributed by atoms with Crippen molar-refractivity contribution in [2.75, 3.05) is 25.1 Å². The van der Waals surface area contributed by atoms with Crippen LogP contribution in [0.2, 0.25) is 0 Å². The van der Waals surface area contributed by atoms with Crippen molar-refractivity contribution in [2.24, 2.45) is 0 Å². The lowest BCUT2D eigenvalue weighted by Gasteiger charge is -2.19. The van der Waals surface area contributed by atoms with Crippen molar-refractivity contribution in [3.05, 3.63) is 95.7 Å². The van der Waals surface area contributed by atoms with E-state index in [0.717, 1.165) is 71.6 Å². The van der Waals surface area contributed by atoms with E-state index in [1.807, 2.05) is 13.8 Å². The van der Waals surface area contributed by atoms with Crippen LogP contribution < -0.4 is 4.90 Å². The highest BCUT2D eigenvalue weighted by molar-refractivity contribution is 5.87. The van der Waals surface area contributed by atoms with E-state index in [1.165, 1.54) is 5.56 Å². The van der Waals surface area contributed by atoms with Gasteiger partial charge in [0, 0.05) is 19.2 Å². The molecule has 0 radical (unpaired) electrons. The molecule has 0 amide bonds. The zero-order chi connectivity index (χ0) is 25.8. The molecule has 1 aliphatic carbocycles. The van der Waals surface area contributed by atoms with Gasteiger partial charge in [-0.1, -0.05) is 84.0 Å². The number of esters is 1. The largest absolute Gasteiger partial charge is 0.465 e. The van der Waals surface area contributed by atoms with Crippen LogP contribution in [0.1, 0.15) is 43.0 Å². The predicted octanol–water partition coefficient (Wildman–Crippen LogP) is 6.98. The van der Waals surface area contributed by atoms with E-state index in [4.69, 9.17) is 9.26 Å². The van der Waals surface area contributed by atoms with Crippen molar-refractivity contribution < 1.29 is 14.1 Å². The molecule has 3 aromatic carbocycles. The Balaban J connectivity index is 1.28. The highest BCUT2D eigenvalue weighted by atomic mass is 16.5.